The number of benzene rings is 2. The fourth-order valence-electron chi connectivity index (χ4n) is 3.59. The average Bonchev–Trinajstić information content (AvgIpc) is 2.74. The maximum atomic E-state index is 13.1. The smallest absolute Gasteiger partial charge is 0.238 e. The first-order chi connectivity index (χ1) is 13.9. The van der Waals surface area contributed by atoms with Crippen LogP contribution in [-0.2, 0) is 15.0 Å². The van der Waals surface area contributed by atoms with Crippen LogP contribution in [0.15, 0.2) is 54.6 Å². The zero-order valence-corrected chi connectivity index (χ0v) is 17.4. The van der Waals surface area contributed by atoms with Crippen molar-refractivity contribution in [3.05, 3.63) is 60.2 Å². The molecule has 2 amide bonds. The van der Waals surface area contributed by atoms with Crippen LogP contribution in [0.3, 0.4) is 0 Å². The maximum absolute atomic E-state index is 13.1. The zero-order chi connectivity index (χ0) is 20.9. The molecule has 1 fully saturated rings. The molecule has 0 atom stereocenters. The van der Waals surface area contributed by atoms with Crippen molar-refractivity contribution in [3.63, 3.8) is 0 Å². The summed E-state index contributed by atoms with van der Waals surface area (Å²) in [6, 6.07) is 17.2. The first kappa shape index (κ1) is 20.9. The molecular formula is C23H29N3O3. The Balaban J connectivity index is 1.51. The highest BCUT2D eigenvalue weighted by Gasteiger charge is 2.35. The lowest BCUT2D eigenvalue weighted by molar-refractivity contribution is -0.138. The topological polar surface area (TPSA) is 61.9 Å². The summed E-state index contributed by atoms with van der Waals surface area (Å²) in [6.45, 7) is 6.87. The van der Waals surface area contributed by atoms with Gasteiger partial charge in [0.15, 0.2) is 0 Å². The molecule has 0 bridgehead atoms. The number of nitrogens with one attached hydrogen (secondary N) is 1. The third-order valence-electron chi connectivity index (χ3n) is 5.41. The van der Waals surface area contributed by atoms with E-state index in [9.17, 15) is 9.59 Å². The molecule has 0 aliphatic carbocycles. The van der Waals surface area contributed by atoms with Gasteiger partial charge in [-0.15, -0.1) is 0 Å². The molecule has 2 aromatic rings. The van der Waals surface area contributed by atoms with E-state index in [0.29, 0.717) is 44.2 Å². The second-order valence-electron chi connectivity index (χ2n) is 7.84. The van der Waals surface area contributed by atoms with Crippen LogP contribution < -0.4 is 10.1 Å². The van der Waals surface area contributed by atoms with Crippen LogP contribution in [0.2, 0.25) is 0 Å². The molecule has 0 spiro atoms. The Morgan fingerprint density at radius 2 is 1.69 bits per heavy atom. The Bertz CT molecular complexity index is 843. The van der Waals surface area contributed by atoms with Crippen molar-refractivity contribution in [2.45, 2.75) is 19.3 Å². The van der Waals surface area contributed by atoms with E-state index in [0.717, 1.165) is 5.56 Å². The number of ether oxygens (including phenoxy) is 1. The number of nitrogens with zero attached hydrogens (tertiary/aromatic N) is 2. The molecule has 2 aromatic carbocycles. The Hall–Kier alpha value is -2.86. The Morgan fingerprint density at radius 3 is 2.34 bits per heavy atom. The van der Waals surface area contributed by atoms with Crippen molar-refractivity contribution in [2.75, 3.05) is 45.2 Å². The second-order valence-corrected chi connectivity index (χ2v) is 7.84. The van der Waals surface area contributed by atoms with Crippen LogP contribution in [0, 0.1) is 0 Å². The molecule has 0 aromatic heterocycles. The van der Waals surface area contributed by atoms with Gasteiger partial charge in [-0.2, -0.15) is 0 Å². The van der Waals surface area contributed by atoms with E-state index in [-0.39, 0.29) is 11.8 Å². The van der Waals surface area contributed by atoms with Crippen LogP contribution in [0.1, 0.15) is 19.4 Å². The molecule has 1 aliphatic heterocycles. The van der Waals surface area contributed by atoms with Crippen LogP contribution in [0.25, 0.3) is 0 Å². The molecule has 0 unspecified atom stereocenters. The van der Waals surface area contributed by atoms with Crippen LogP contribution in [-0.4, -0.2) is 61.4 Å². The van der Waals surface area contributed by atoms with Gasteiger partial charge in [-0.05, 0) is 31.5 Å². The van der Waals surface area contributed by atoms with Crippen molar-refractivity contribution >= 4 is 17.5 Å². The lowest BCUT2D eigenvalue weighted by Crippen LogP contribution is -2.54. The molecule has 3 rings (SSSR count). The fourth-order valence-corrected chi connectivity index (χ4v) is 3.59. The van der Waals surface area contributed by atoms with Crippen molar-refractivity contribution in [3.8, 4) is 5.75 Å². The first-order valence-electron chi connectivity index (χ1n) is 9.91. The van der Waals surface area contributed by atoms with E-state index in [2.05, 4.69) is 10.2 Å². The highest BCUT2D eigenvalue weighted by Crippen LogP contribution is 2.26. The standard InChI is InChI=1S/C23H29N3O3/c1-23(2,18-8-5-4-6-9-18)22(28)26-14-12-25(13-15-26)17-21(27)24-19-10-7-11-20(16-19)29-3/h4-11,16H,12-15,17H2,1-3H3,(H,24,27). The Morgan fingerprint density at radius 1 is 1.00 bits per heavy atom. The monoisotopic (exact) mass is 395 g/mol. The van der Waals surface area contributed by atoms with Gasteiger partial charge in [0, 0.05) is 37.9 Å². The number of methoxy groups -OCH3 is 1. The molecule has 6 nitrogen and oxygen atoms in total. The molecule has 1 aliphatic rings. The summed E-state index contributed by atoms with van der Waals surface area (Å²) in [5, 5.41) is 2.90. The number of hydrogen-bond acceptors (Lipinski definition) is 4. The summed E-state index contributed by atoms with van der Waals surface area (Å²) in [4.78, 5) is 29.4. The van der Waals surface area contributed by atoms with Crippen LogP contribution in [0.4, 0.5) is 5.69 Å². The van der Waals surface area contributed by atoms with Gasteiger partial charge in [0.25, 0.3) is 0 Å². The minimum Gasteiger partial charge on any atom is -0.497 e. The third-order valence-corrected chi connectivity index (χ3v) is 5.41. The number of carbonyl (C=O) groups excluding carboxylic acids is 2. The number of hydrogen-bond donors (Lipinski definition) is 1. The summed E-state index contributed by atoms with van der Waals surface area (Å²) in [6.07, 6.45) is 0. The van der Waals surface area contributed by atoms with Gasteiger partial charge >= 0.3 is 0 Å². The predicted octanol–water partition coefficient (Wildman–Crippen LogP) is 2.76. The minimum atomic E-state index is -0.562. The van der Waals surface area contributed by atoms with Gasteiger partial charge in [-0.25, -0.2) is 0 Å². The third kappa shape index (κ3) is 5.15. The van der Waals surface area contributed by atoms with Crippen molar-refractivity contribution in [1.29, 1.82) is 0 Å². The second kappa shape index (κ2) is 9.09. The summed E-state index contributed by atoms with van der Waals surface area (Å²) < 4.78 is 5.18. The molecule has 1 N–H and O–H groups in total. The summed E-state index contributed by atoms with van der Waals surface area (Å²) in [5.74, 6) is 0.766. The van der Waals surface area contributed by atoms with Gasteiger partial charge in [-0.3, -0.25) is 14.5 Å². The van der Waals surface area contributed by atoms with E-state index in [1.807, 2.05) is 67.3 Å². The van der Waals surface area contributed by atoms with E-state index >= 15 is 0 Å². The van der Waals surface area contributed by atoms with Crippen molar-refractivity contribution in [2.24, 2.45) is 0 Å². The first-order valence-corrected chi connectivity index (χ1v) is 9.91. The number of carbonyl (C=O) groups is 2. The predicted molar refractivity (Wildman–Crippen MR) is 114 cm³/mol. The van der Waals surface area contributed by atoms with E-state index in [1.54, 1.807) is 13.2 Å². The van der Waals surface area contributed by atoms with Crippen molar-refractivity contribution in [1.82, 2.24) is 9.80 Å². The number of piperazine rings is 1. The van der Waals surface area contributed by atoms with E-state index in [4.69, 9.17) is 4.74 Å². The normalized spacial score (nSPS) is 15.1. The molecule has 29 heavy (non-hydrogen) atoms. The lowest BCUT2D eigenvalue weighted by atomic mass is 9.83. The van der Waals surface area contributed by atoms with Crippen LogP contribution >= 0.6 is 0 Å². The quantitative estimate of drug-likeness (QED) is 0.817. The maximum Gasteiger partial charge on any atom is 0.238 e. The van der Waals surface area contributed by atoms with Gasteiger partial charge < -0.3 is 15.0 Å². The molecule has 1 saturated heterocycles. The Kier molecular flexibility index (Phi) is 6.54. The van der Waals surface area contributed by atoms with Gasteiger partial charge in [0.1, 0.15) is 5.75 Å². The highest BCUT2D eigenvalue weighted by atomic mass is 16.5. The SMILES string of the molecule is COc1cccc(NC(=O)CN2CCN(C(=O)C(C)(C)c3ccccc3)CC2)c1. The number of rotatable bonds is 6. The fraction of sp³-hybridized carbons (Fsp3) is 0.391. The minimum absolute atomic E-state index is 0.0670. The average molecular weight is 396 g/mol. The molecule has 0 radical (unpaired) electrons. The number of anilines is 1. The summed E-state index contributed by atoms with van der Waals surface area (Å²) in [7, 11) is 1.60. The van der Waals surface area contributed by atoms with Gasteiger partial charge in [-0.1, -0.05) is 36.4 Å². The lowest BCUT2D eigenvalue weighted by Gasteiger charge is -2.38. The largest absolute Gasteiger partial charge is 0.497 e. The van der Waals surface area contributed by atoms with Crippen molar-refractivity contribution < 1.29 is 14.3 Å². The summed E-state index contributed by atoms with van der Waals surface area (Å²) >= 11 is 0. The van der Waals surface area contributed by atoms with E-state index < -0.39 is 5.41 Å². The molecule has 1 heterocycles. The zero-order valence-electron chi connectivity index (χ0n) is 17.4. The summed E-state index contributed by atoms with van der Waals surface area (Å²) in [5.41, 5.74) is 1.17. The molecule has 154 valence electrons. The molecule has 6 heteroatoms. The molecular weight excluding hydrogens is 366 g/mol. The van der Waals surface area contributed by atoms with Gasteiger partial charge in [0.2, 0.25) is 11.8 Å². The van der Waals surface area contributed by atoms with Crippen LogP contribution in [0.5, 0.6) is 5.75 Å². The molecule has 0 saturated carbocycles. The Labute approximate surface area is 172 Å². The number of amides is 2. The van der Waals surface area contributed by atoms with E-state index in [1.165, 1.54) is 0 Å². The highest BCUT2D eigenvalue weighted by molar-refractivity contribution is 5.92. The van der Waals surface area contributed by atoms with Gasteiger partial charge in [0.05, 0.1) is 19.1 Å².